The molecule has 0 fully saturated rings. The van der Waals surface area contributed by atoms with Gasteiger partial charge < -0.3 is 4.43 Å². The predicted octanol–water partition coefficient (Wildman–Crippen LogP) is 9.30. The van der Waals surface area contributed by atoms with Crippen molar-refractivity contribution >= 4 is 10.5 Å². The van der Waals surface area contributed by atoms with Gasteiger partial charge in [0.25, 0.3) is 0 Å². The van der Waals surface area contributed by atoms with Crippen LogP contribution in [-0.4, -0.2) is 16.1 Å². The Kier molecular flexibility index (Phi) is 22.5. The Bertz CT molecular complexity index is 315. The van der Waals surface area contributed by atoms with E-state index >= 15 is 0 Å². The fourth-order valence-electron chi connectivity index (χ4n) is 5.32. The fraction of sp³-hybridized carbons (Fsp3) is 1.00. The highest BCUT2D eigenvalue weighted by atomic mass is 28.2. The molecular formula is C28H60OSi. The quantitative estimate of drug-likeness (QED) is 0.107. The third-order valence-electron chi connectivity index (χ3n) is 7.46. The van der Waals surface area contributed by atoms with Crippen LogP contribution in [0.4, 0.5) is 0 Å². The first kappa shape index (κ1) is 30.2. The molecule has 0 amide bonds. The molecule has 0 N–H and O–H groups in total. The van der Waals surface area contributed by atoms with E-state index in [9.17, 15) is 0 Å². The van der Waals surface area contributed by atoms with Crippen molar-refractivity contribution in [2.24, 2.45) is 5.92 Å². The number of rotatable bonds is 24. The standard InChI is InChI=1S/C28H60OSi/c1-5-9-12-15-18-21-24-27(8-4)28(29-30,25-22-19-16-13-10-6-2)26-23-20-17-14-11-7-3/h27H,5-26H2,1-4,30H3. The maximum Gasteiger partial charge on any atom is 0.146 e. The van der Waals surface area contributed by atoms with Crippen molar-refractivity contribution in [1.82, 2.24) is 0 Å². The summed E-state index contributed by atoms with van der Waals surface area (Å²) in [7, 11) is 0.900. The van der Waals surface area contributed by atoms with E-state index in [1.54, 1.807) is 0 Å². The first-order valence-corrected chi connectivity index (χ1v) is 15.1. The van der Waals surface area contributed by atoms with Gasteiger partial charge in [-0.05, 0) is 25.2 Å². The van der Waals surface area contributed by atoms with Crippen molar-refractivity contribution in [3.8, 4) is 0 Å². The van der Waals surface area contributed by atoms with Crippen molar-refractivity contribution in [3.05, 3.63) is 0 Å². The molecular weight excluding hydrogens is 380 g/mol. The minimum absolute atomic E-state index is 0.208. The topological polar surface area (TPSA) is 9.23 Å². The molecule has 0 saturated heterocycles. The van der Waals surface area contributed by atoms with Gasteiger partial charge in [0.15, 0.2) is 0 Å². The van der Waals surface area contributed by atoms with Crippen LogP contribution in [0.1, 0.15) is 169 Å². The summed E-state index contributed by atoms with van der Waals surface area (Å²) in [5, 5.41) is 0. The minimum atomic E-state index is 0.208. The average Bonchev–Trinajstić information content (AvgIpc) is 2.77. The largest absolute Gasteiger partial charge is 0.422 e. The SMILES string of the molecule is CCCCCCCCC(CC)C(CCCCCCCC)(CCCCCCCC)O[SiH3]. The summed E-state index contributed by atoms with van der Waals surface area (Å²) in [6.45, 7) is 9.37. The zero-order valence-electron chi connectivity index (χ0n) is 22.0. The van der Waals surface area contributed by atoms with Crippen LogP contribution >= 0.6 is 0 Å². The summed E-state index contributed by atoms with van der Waals surface area (Å²) in [6.07, 6.45) is 30.7. The molecule has 0 bridgehead atoms. The molecule has 0 aromatic heterocycles. The molecule has 0 rings (SSSR count). The minimum Gasteiger partial charge on any atom is -0.422 e. The number of hydrogen-bond donors (Lipinski definition) is 0. The van der Waals surface area contributed by atoms with Gasteiger partial charge in [-0.2, -0.15) is 0 Å². The van der Waals surface area contributed by atoms with Gasteiger partial charge in [0.1, 0.15) is 10.5 Å². The lowest BCUT2D eigenvalue weighted by Crippen LogP contribution is -2.40. The summed E-state index contributed by atoms with van der Waals surface area (Å²) in [5.41, 5.74) is 0.208. The zero-order valence-corrected chi connectivity index (χ0v) is 24.0. The van der Waals surface area contributed by atoms with Gasteiger partial charge in [-0.15, -0.1) is 0 Å². The Hall–Kier alpha value is 0.177. The second-order valence-electron chi connectivity index (χ2n) is 9.97. The van der Waals surface area contributed by atoms with E-state index in [-0.39, 0.29) is 5.60 Å². The van der Waals surface area contributed by atoms with Crippen LogP contribution in [0.5, 0.6) is 0 Å². The van der Waals surface area contributed by atoms with E-state index < -0.39 is 0 Å². The molecule has 1 unspecified atom stereocenters. The molecule has 0 saturated carbocycles. The molecule has 0 radical (unpaired) electrons. The Morgan fingerprint density at radius 3 is 1.27 bits per heavy atom. The third kappa shape index (κ3) is 15.1. The third-order valence-corrected chi connectivity index (χ3v) is 8.27. The maximum absolute atomic E-state index is 6.58. The van der Waals surface area contributed by atoms with Crippen molar-refractivity contribution in [2.75, 3.05) is 0 Å². The van der Waals surface area contributed by atoms with Gasteiger partial charge in [0.2, 0.25) is 0 Å². The Balaban J connectivity index is 4.65. The van der Waals surface area contributed by atoms with Gasteiger partial charge in [-0.3, -0.25) is 0 Å². The van der Waals surface area contributed by atoms with E-state index in [1.165, 1.54) is 141 Å². The van der Waals surface area contributed by atoms with Crippen LogP contribution in [0.15, 0.2) is 0 Å². The smallest absolute Gasteiger partial charge is 0.146 e. The van der Waals surface area contributed by atoms with E-state index in [1.807, 2.05) is 0 Å². The van der Waals surface area contributed by atoms with Crippen molar-refractivity contribution in [2.45, 2.75) is 175 Å². The molecule has 0 aliphatic rings. The molecule has 0 spiro atoms. The molecule has 2 heteroatoms. The fourth-order valence-corrected chi connectivity index (χ4v) is 6.06. The highest BCUT2D eigenvalue weighted by Gasteiger charge is 2.35. The van der Waals surface area contributed by atoms with Crippen LogP contribution in [0.2, 0.25) is 0 Å². The first-order chi connectivity index (χ1) is 14.7. The Labute approximate surface area is 195 Å². The molecule has 0 aliphatic carbocycles. The van der Waals surface area contributed by atoms with Gasteiger partial charge in [-0.1, -0.05) is 150 Å². The lowest BCUT2D eigenvalue weighted by Gasteiger charge is -2.41. The Morgan fingerprint density at radius 1 is 0.533 bits per heavy atom. The van der Waals surface area contributed by atoms with Crippen LogP contribution < -0.4 is 0 Å². The van der Waals surface area contributed by atoms with E-state index in [0.29, 0.717) is 0 Å². The highest BCUT2D eigenvalue weighted by Crippen LogP contribution is 2.38. The maximum atomic E-state index is 6.58. The van der Waals surface area contributed by atoms with Crippen LogP contribution in [0, 0.1) is 5.92 Å². The van der Waals surface area contributed by atoms with Gasteiger partial charge in [0.05, 0.1) is 5.60 Å². The van der Waals surface area contributed by atoms with Crippen molar-refractivity contribution in [1.29, 1.82) is 0 Å². The normalized spacial score (nSPS) is 13.2. The molecule has 1 atom stereocenters. The van der Waals surface area contributed by atoms with Crippen LogP contribution in [-0.2, 0) is 4.43 Å². The van der Waals surface area contributed by atoms with Gasteiger partial charge in [0, 0.05) is 0 Å². The molecule has 0 aliphatic heterocycles. The second kappa shape index (κ2) is 22.4. The Morgan fingerprint density at radius 2 is 0.900 bits per heavy atom. The second-order valence-corrected chi connectivity index (χ2v) is 10.4. The molecule has 1 nitrogen and oxygen atoms in total. The number of hydrogen-bond acceptors (Lipinski definition) is 1. The van der Waals surface area contributed by atoms with Crippen molar-refractivity contribution in [3.63, 3.8) is 0 Å². The summed E-state index contributed by atoms with van der Waals surface area (Å²) >= 11 is 0. The molecule has 30 heavy (non-hydrogen) atoms. The van der Waals surface area contributed by atoms with E-state index in [4.69, 9.17) is 4.43 Å². The van der Waals surface area contributed by atoms with Crippen LogP contribution in [0.3, 0.4) is 0 Å². The van der Waals surface area contributed by atoms with Crippen LogP contribution in [0.25, 0.3) is 0 Å². The first-order valence-electron chi connectivity index (χ1n) is 14.3. The summed E-state index contributed by atoms with van der Waals surface area (Å²) in [4.78, 5) is 0. The number of unbranched alkanes of at least 4 members (excludes halogenated alkanes) is 15. The average molecular weight is 441 g/mol. The highest BCUT2D eigenvalue weighted by molar-refractivity contribution is 5.98. The molecule has 0 heterocycles. The van der Waals surface area contributed by atoms with E-state index in [0.717, 1.165) is 16.4 Å². The molecule has 0 aromatic rings. The lowest BCUT2D eigenvalue weighted by atomic mass is 9.75. The lowest BCUT2D eigenvalue weighted by molar-refractivity contribution is -0.0125. The predicted molar refractivity (Wildman–Crippen MR) is 142 cm³/mol. The van der Waals surface area contributed by atoms with Crippen molar-refractivity contribution < 1.29 is 4.43 Å². The zero-order chi connectivity index (χ0) is 22.3. The summed E-state index contributed by atoms with van der Waals surface area (Å²) < 4.78 is 6.58. The van der Waals surface area contributed by atoms with E-state index in [2.05, 4.69) is 27.7 Å². The monoisotopic (exact) mass is 440 g/mol. The summed E-state index contributed by atoms with van der Waals surface area (Å²) in [5.74, 6) is 0.785. The molecule has 0 aromatic carbocycles. The summed E-state index contributed by atoms with van der Waals surface area (Å²) in [6, 6.07) is 0. The van der Waals surface area contributed by atoms with Gasteiger partial charge >= 0.3 is 0 Å². The molecule has 182 valence electrons. The van der Waals surface area contributed by atoms with Gasteiger partial charge in [-0.25, -0.2) is 0 Å².